The molecule has 1 saturated carbocycles. The van der Waals surface area contributed by atoms with E-state index in [2.05, 4.69) is 31.2 Å². The summed E-state index contributed by atoms with van der Waals surface area (Å²) >= 11 is 5.90. The van der Waals surface area contributed by atoms with Gasteiger partial charge in [0, 0.05) is 10.6 Å². The fourth-order valence-electron chi connectivity index (χ4n) is 4.95. The minimum absolute atomic E-state index is 0.183. The standard InChI is InChI=1S/C29H31ClF2/c1-20-2-11-24(12-3-20)25-13-6-21(7-14-25)4-5-23-18-28(31)27(29(32)19-23)17-10-22-8-15-26(30)16-9-22/h2-3,8-9,11-12,15-16,18-19,21,25H,4-7,10,13-14,17H2,1H3. The third-order valence-corrected chi connectivity index (χ3v) is 7.27. The van der Waals surface area contributed by atoms with E-state index in [9.17, 15) is 8.78 Å². The van der Waals surface area contributed by atoms with Crippen LogP contribution >= 0.6 is 11.6 Å². The zero-order valence-electron chi connectivity index (χ0n) is 18.7. The molecule has 0 bridgehead atoms. The summed E-state index contributed by atoms with van der Waals surface area (Å²) in [5.41, 5.74) is 4.74. The highest BCUT2D eigenvalue weighted by molar-refractivity contribution is 6.30. The number of rotatable bonds is 7. The van der Waals surface area contributed by atoms with Crippen LogP contribution in [0.2, 0.25) is 5.02 Å². The second-order valence-corrected chi connectivity index (χ2v) is 9.77. The maximum absolute atomic E-state index is 14.6. The van der Waals surface area contributed by atoms with Crippen LogP contribution in [0.1, 0.15) is 65.8 Å². The van der Waals surface area contributed by atoms with Crippen LogP contribution in [0.3, 0.4) is 0 Å². The monoisotopic (exact) mass is 452 g/mol. The van der Waals surface area contributed by atoms with Crippen LogP contribution in [0.15, 0.2) is 60.7 Å². The summed E-state index contributed by atoms with van der Waals surface area (Å²) in [5, 5.41) is 0.666. The Kier molecular flexibility index (Phi) is 7.63. The van der Waals surface area contributed by atoms with E-state index >= 15 is 0 Å². The Labute approximate surface area is 195 Å². The molecule has 3 heteroatoms. The molecule has 1 fully saturated rings. The lowest BCUT2D eigenvalue weighted by Crippen LogP contribution is -2.14. The van der Waals surface area contributed by atoms with Gasteiger partial charge in [0.25, 0.3) is 0 Å². The Morgan fingerprint density at radius 1 is 0.750 bits per heavy atom. The van der Waals surface area contributed by atoms with E-state index in [-0.39, 0.29) is 5.56 Å². The van der Waals surface area contributed by atoms with Crippen molar-refractivity contribution in [2.75, 3.05) is 0 Å². The Balaban J connectivity index is 1.28. The number of hydrogen-bond donors (Lipinski definition) is 0. The molecule has 0 amide bonds. The molecule has 1 aliphatic carbocycles. The summed E-state index contributed by atoms with van der Waals surface area (Å²) in [4.78, 5) is 0. The molecule has 0 atom stereocenters. The summed E-state index contributed by atoms with van der Waals surface area (Å²) < 4.78 is 29.3. The molecule has 0 nitrogen and oxygen atoms in total. The average molecular weight is 453 g/mol. The first-order valence-electron chi connectivity index (χ1n) is 11.8. The fraction of sp³-hybridized carbons (Fsp3) is 0.379. The number of hydrogen-bond acceptors (Lipinski definition) is 0. The van der Waals surface area contributed by atoms with E-state index in [1.807, 2.05) is 12.1 Å². The normalized spacial score (nSPS) is 18.6. The molecule has 0 heterocycles. The van der Waals surface area contributed by atoms with Crippen LogP contribution < -0.4 is 0 Å². The lowest BCUT2D eigenvalue weighted by Gasteiger charge is -2.29. The van der Waals surface area contributed by atoms with E-state index in [4.69, 9.17) is 11.6 Å². The maximum atomic E-state index is 14.6. The van der Waals surface area contributed by atoms with Gasteiger partial charge in [-0.3, -0.25) is 0 Å². The lowest BCUT2D eigenvalue weighted by molar-refractivity contribution is 0.310. The van der Waals surface area contributed by atoms with E-state index < -0.39 is 11.6 Å². The molecule has 3 aromatic rings. The van der Waals surface area contributed by atoms with E-state index in [1.165, 1.54) is 48.9 Å². The predicted octanol–water partition coefficient (Wildman–Crippen LogP) is 8.62. The second kappa shape index (κ2) is 10.6. The highest BCUT2D eigenvalue weighted by Gasteiger charge is 2.22. The zero-order valence-corrected chi connectivity index (χ0v) is 19.5. The van der Waals surface area contributed by atoms with Crippen molar-refractivity contribution in [1.82, 2.24) is 0 Å². The van der Waals surface area contributed by atoms with Gasteiger partial charge in [-0.2, -0.15) is 0 Å². The van der Waals surface area contributed by atoms with Gasteiger partial charge in [0.2, 0.25) is 0 Å². The van der Waals surface area contributed by atoms with Gasteiger partial charge >= 0.3 is 0 Å². The van der Waals surface area contributed by atoms with E-state index in [0.29, 0.717) is 29.7 Å². The van der Waals surface area contributed by atoms with Gasteiger partial charge in [0.15, 0.2) is 0 Å². The van der Waals surface area contributed by atoms with Crippen molar-refractivity contribution >= 4 is 11.6 Å². The largest absolute Gasteiger partial charge is 0.207 e. The van der Waals surface area contributed by atoms with Crippen molar-refractivity contribution < 1.29 is 8.78 Å². The third-order valence-electron chi connectivity index (χ3n) is 7.01. The predicted molar refractivity (Wildman–Crippen MR) is 129 cm³/mol. The molecule has 1 aliphatic rings. The maximum Gasteiger partial charge on any atom is 0.129 e. The minimum atomic E-state index is -0.419. The smallest absolute Gasteiger partial charge is 0.129 e. The van der Waals surface area contributed by atoms with Crippen LogP contribution in [0, 0.1) is 24.5 Å². The van der Waals surface area contributed by atoms with Gasteiger partial charge < -0.3 is 0 Å². The molecular formula is C29H31ClF2. The molecule has 32 heavy (non-hydrogen) atoms. The number of aryl methyl sites for hydroxylation is 3. The molecule has 0 aliphatic heterocycles. The first-order chi connectivity index (χ1) is 15.5. The van der Waals surface area contributed by atoms with Crippen LogP contribution in [0.25, 0.3) is 0 Å². The van der Waals surface area contributed by atoms with Crippen molar-refractivity contribution in [3.05, 3.63) is 105 Å². The average Bonchev–Trinajstić information content (AvgIpc) is 2.79. The lowest BCUT2D eigenvalue weighted by atomic mass is 9.77. The van der Waals surface area contributed by atoms with Crippen molar-refractivity contribution in [2.45, 2.75) is 64.2 Å². The van der Waals surface area contributed by atoms with Crippen LogP contribution in [-0.2, 0) is 19.3 Å². The Morgan fingerprint density at radius 3 is 2.00 bits per heavy atom. The molecule has 168 valence electrons. The molecule has 3 aromatic carbocycles. The third kappa shape index (κ3) is 5.98. The molecule has 0 saturated heterocycles. The highest BCUT2D eigenvalue weighted by atomic mass is 35.5. The first kappa shape index (κ1) is 23.0. The topological polar surface area (TPSA) is 0 Å². The summed E-state index contributed by atoms with van der Waals surface area (Å²) in [6.45, 7) is 2.12. The molecule has 4 rings (SSSR count). The summed E-state index contributed by atoms with van der Waals surface area (Å²) in [6, 6.07) is 19.4. The zero-order chi connectivity index (χ0) is 22.5. The minimum Gasteiger partial charge on any atom is -0.207 e. The van der Waals surface area contributed by atoms with Gasteiger partial charge in [-0.1, -0.05) is 53.6 Å². The van der Waals surface area contributed by atoms with Crippen molar-refractivity contribution in [2.24, 2.45) is 5.92 Å². The molecular weight excluding hydrogens is 422 g/mol. The van der Waals surface area contributed by atoms with Gasteiger partial charge in [-0.25, -0.2) is 8.78 Å². The summed E-state index contributed by atoms with van der Waals surface area (Å²) in [7, 11) is 0. The van der Waals surface area contributed by atoms with Crippen LogP contribution in [0.5, 0.6) is 0 Å². The molecule has 0 radical (unpaired) electrons. The first-order valence-corrected chi connectivity index (χ1v) is 12.1. The quantitative estimate of drug-likeness (QED) is 0.336. The van der Waals surface area contributed by atoms with Crippen molar-refractivity contribution in [3.8, 4) is 0 Å². The Bertz CT molecular complexity index is 993. The molecule has 0 unspecified atom stereocenters. The van der Waals surface area contributed by atoms with Crippen LogP contribution in [0.4, 0.5) is 8.78 Å². The van der Waals surface area contributed by atoms with E-state index in [1.54, 1.807) is 12.1 Å². The molecule has 0 aromatic heterocycles. The van der Waals surface area contributed by atoms with E-state index in [0.717, 1.165) is 24.0 Å². The van der Waals surface area contributed by atoms with Gasteiger partial charge in [-0.15, -0.1) is 0 Å². The molecule has 0 spiro atoms. The SMILES string of the molecule is Cc1ccc(C2CCC(CCc3cc(F)c(CCc4ccc(Cl)cc4)c(F)c3)CC2)cc1. The Hall–Kier alpha value is -2.19. The highest BCUT2D eigenvalue weighted by Crippen LogP contribution is 2.37. The van der Waals surface area contributed by atoms with Gasteiger partial charge in [0.05, 0.1) is 0 Å². The van der Waals surface area contributed by atoms with Crippen LogP contribution in [-0.4, -0.2) is 0 Å². The van der Waals surface area contributed by atoms with Gasteiger partial charge in [0.1, 0.15) is 11.6 Å². The van der Waals surface area contributed by atoms with Crippen molar-refractivity contribution in [1.29, 1.82) is 0 Å². The number of benzene rings is 3. The van der Waals surface area contributed by atoms with Crippen molar-refractivity contribution in [3.63, 3.8) is 0 Å². The number of halogens is 3. The molecule has 0 N–H and O–H groups in total. The van der Waals surface area contributed by atoms with Gasteiger partial charge in [-0.05, 0) is 111 Å². The Morgan fingerprint density at radius 2 is 1.38 bits per heavy atom. The second-order valence-electron chi connectivity index (χ2n) is 9.33. The summed E-state index contributed by atoms with van der Waals surface area (Å²) in [6.07, 6.45) is 7.50. The fourth-order valence-corrected chi connectivity index (χ4v) is 5.08. The summed E-state index contributed by atoms with van der Waals surface area (Å²) in [5.74, 6) is 0.461.